The third-order valence-corrected chi connectivity index (χ3v) is 4.10. The Bertz CT molecular complexity index is 518. The highest BCUT2D eigenvalue weighted by atomic mass is 32.2. The van der Waals surface area contributed by atoms with Gasteiger partial charge in [0.1, 0.15) is 11.6 Å². The molecule has 1 aliphatic heterocycles. The summed E-state index contributed by atoms with van der Waals surface area (Å²) in [6.45, 7) is 0.375. The predicted octanol–water partition coefficient (Wildman–Crippen LogP) is 2.00. The Labute approximate surface area is 118 Å². The molecular formula is C13H13F2NO3S. The summed E-state index contributed by atoms with van der Waals surface area (Å²) in [5, 5.41) is 8.86. The van der Waals surface area contributed by atoms with Crippen LogP contribution in [0.5, 0.6) is 0 Å². The van der Waals surface area contributed by atoms with E-state index in [1.807, 2.05) is 0 Å². The van der Waals surface area contributed by atoms with Crippen LogP contribution in [0.2, 0.25) is 0 Å². The number of carbonyl (C=O) groups is 2. The number of nitrogens with zero attached hydrogens (tertiary/aromatic N) is 1. The van der Waals surface area contributed by atoms with Gasteiger partial charge in [0.2, 0.25) is 0 Å². The van der Waals surface area contributed by atoms with Crippen molar-refractivity contribution in [3.63, 3.8) is 0 Å². The summed E-state index contributed by atoms with van der Waals surface area (Å²) in [7, 11) is 0. The Hall–Kier alpha value is -1.63. The second kappa shape index (κ2) is 6.21. The number of carboxylic acid groups (broad SMARTS) is 1. The van der Waals surface area contributed by atoms with Gasteiger partial charge in [-0.25, -0.2) is 8.78 Å². The molecule has 1 aliphatic rings. The van der Waals surface area contributed by atoms with Crippen LogP contribution >= 0.6 is 11.8 Å². The van der Waals surface area contributed by atoms with Gasteiger partial charge in [-0.2, -0.15) is 11.8 Å². The highest BCUT2D eigenvalue weighted by Crippen LogP contribution is 2.22. The number of hydrogen-bond donors (Lipinski definition) is 1. The minimum atomic E-state index is -0.999. The fourth-order valence-corrected chi connectivity index (χ4v) is 3.20. The molecule has 1 amide bonds. The van der Waals surface area contributed by atoms with Crippen molar-refractivity contribution < 1.29 is 23.5 Å². The van der Waals surface area contributed by atoms with E-state index in [0.717, 1.165) is 12.1 Å². The van der Waals surface area contributed by atoms with Crippen LogP contribution < -0.4 is 0 Å². The number of rotatable bonds is 3. The van der Waals surface area contributed by atoms with Crippen molar-refractivity contribution in [1.82, 2.24) is 4.90 Å². The Morgan fingerprint density at radius 3 is 2.55 bits per heavy atom. The quantitative estimate of drug-likeness (QED) is 0.927. The summed E-state index contributed by atoms with van der Waals surface area (Å²) >= 11 is 1.56. The second-order valence-corrected chi connectivity index (χ2v) is 5.63. The van der Waals surface area contributed by atoms with Crippen LogP contribution in [0, 0.1) is 11.6 Å². The van der Waals surface area contributed by atoms with E-state index in [2.05, 4.69) is 0 Å². The first-order chi connectivity index (χ1) is 9.47. The first kappa shape index (κ1) is 14.8. The molecule has 0 bridgehead atoms. The van der Waals surface area contributed by atoms with Gasteiger partial charge in [-0.1, -0.05) is 0 Å². The highest BCUT2D eigenvalue weighted by Gasteiger charge is 2.29. The van der Waals surface area contributed by atoms with Crippen LogP contribution in [0.3, 0.4) is 0 Å². The lowest BCUT2D eigenvalue weighted by Gasteiger charge is -2.34. The number of benzene rings is 1. The van der Waals surface area contributed by atoms with E-state index in [1.54, 1.807) is 11.8 Å². The Kier molecular flexibility index (Phi) is 4.59. The number of thioether (sulfide) groups is 1. The molecule has 1 unspecified atom stereocenters. The molecule has 108 valence electrons. The van der Waals surface area contributed by atoms with Crippen molar-refractivity contribution in [1.29, 1.82) is 0 Å². The van der Waals surface area contributed by atoms with Crippen molar-refractivity contribution in [2.45, 2.75) is 12.5 Å². The van der Waals surface area contributed by atoms with E-state index in [4.69, 9.17) is 5.11 Å². The normalized spacial score (nSPS) is 18.9. The fourth-order valence-electron chi connectivity index (χ4n) is 2.14. The fraction of sp³-hybridized carbons (Fsp3) is 0.385. The van der Waals surface area contributed by atoms with Gasteiger partial charge in [0.25, 0.3) is 5.91 Å². The van der Waals surface area contributed by atoms with Gasteiger partial charge in [-0.05, 0) is 12.1 Å². The van der Waals surface area contributed by atoms with Crippen molar-refractivity contribution in [3.05, 3.63) is 35.4 Å². The number of halogens is 2. The molecule has 0 aromatic heterocycles. The summed E-state index contributed by atoms with van der Waals surface area (Å²) in [4.78, 5) is 24.5. The third-order valence-electron chi connectivity index (χ3n) is 3.01. The maximum absolute atomic E-state index is 13.2. The van der Waals surface area contributed by atoms with Crippen LogP contribution in [0.25, 0.3) is 0 Å². The number of hydrogen-bond acceptors (Lipinski definition) is 3. The first-order valence-electron chi connectivity index (χ1n) is 6.04. The molecule has 1 aromatic carbocycles. The summed E-state index contributed by atoms with van der Waals surface area (Å²) < 4.78 is 26.3. The monoisotopic (exact) mass is 301 g/mol. The Balaban J connectivity index is 2.22. The molecule has 1 aromatic rings. The molecule has 1 atom stereocenters. The van der Waals surface area contributed by atoms with Gasteiger partial charge in [-0.3, -0.25) is 9.59 Å². The van der Waals surface area contributed by atoms with Gasteiger partial charge in [0.05, 0.1) is 12.5 Å². The van der Waals surface area contributed by atoms with Crippen molar-refractivity contribution >= 4 is 23.6 Å². The lowest BCUT2D eigenvalue weighted by molar-refractivity contribution is -0.138. The lowest BCUT2D eigenvalue weighted by atomic mass is 10.1. The molecular weight excluding hydrogens is 288 g/mol. The zero-order chi connectivity index (χ0) is 14.7. The standard InChI is InChI=1S/C13H13F2NO3S/c14-9-3-8(4-10(15)5-9)13(19)16-1-2-20-7-11(16)6-12(17)18/h3-5,11H,1-2,6-7H2,(H,17,18). The molecule has 1 saturated heterocycles. The second-order valence-electron chi connectivity index (χ2n) is 4.48. The molecule has 2 rings (SSSR count). The summed E-state index contributed by atoms with van der Waals surface area (Å²) in [6.07, 6.45) is -0.170. The van der Waals surface area contributed by atoms with E-state index in [9.17, 15) is 18.4 Å². The van der Waals surface area contributed by atoms with Crippen LogP contribution in [0.15, 0.2) is 18.2 Å². The maximum Gasteiger partial charge on any atom is 0.305 e. The van der Waals surface area contributed by atoms with Crippen LogP contribution in [0.1, 0.15) is 16.8 Å². The van der Waals surface area contributed by atoms with Crippen molar-refractivity contribution in [2.24, 2.45) is 0 Å². The summed E-state index contributed by atoms with van der Waals surface area (Å²) in [6, 6.07) is 2.16. The van der Waals surface area contributed by atoms with Gasteiger partial charge < -0.3 is 10.0 Å². The predicted molar refractivity (Wildman–Crippen MR) is 70.8 cm³/mol. The summed E-state index contributed by atoms with van der Waals surface area (Å²) in [5.41, 5.74) is -0.0928. The minimum Gasteiger partial charge on any atom is -0.481 e. The zero-order valence-corrected chi connectivity index (χ0v) is 11.3. The average molecular weight is 301 g/mol. The number of aliphatic carboxylic acids is 1. The number of amides is 1. The van der Waals surface area contributed by atoms with Crippen LogP contribution in [0.4, 0.5) is 8.78 Å². The smallest absolute Gasteiger partial charge is 0.305 e. The molecule has 4 nitrogen and oxygen atoms in total. The van der Waals surface area contributed by atoms with Gasteiger partial charge in [-0.15, -0.1) is 0 Å². The molecule has 0 spiro atoms. The molecule has 0 saturated carbocycles. The van der Waals surface area contributed by atoms with Crippen LogP contribution in [-0.2, 0) is 4.79 Å². The number of carboxylic acids is 1. The number of carbonyl (C=O) groups excluding carboxylic acids is 1. The molecule has 1 fully saturated rings. The van der Waals surface area contributed by atoms with Gasteiger partial charge >= 0.3 is 5.97 Å². The Morgan fingerprint density at radius 2 is 1.95 bits per heavy atom. The van der Waals surface area contributed by atoms with E-state index in [1.165, 1.54) is 4.90 Å². The lowest BCUT2D eigenvalue weighted by Crippen LogP contribution is -2.47. The molecule has 0 radical (unpaired) electrons. The maximum atomic E-state index is 13.2. The van der Waals surface area contributed by atoms with Gasteiger partial charge in [0.15, 0.2) is 0 Å². The van der Waals surface area contributed by atoms with E-state index < -0.39 is 29.6 Å². The van der Waals surface area contributed by atoms with E-state index in [0.29, 0.717) is 24.1 Å². The molecule has 20 heavy (non-hydrogen) atoms. The largest absolute Gasteiger partial charge is 0.481 e. The van der Waals surface area contributed by atoms with Crippen molar-refractivity contribution in [2.75, 3.05) is 18.1 Å². The van der Waals surface area contributed by atoms with E-state index >= 15 is 0 Å². The zero-order valence-electron chi connectivity index (χ0n) is 10.5. The SMILES string of the molecule is O=C(O)CC1CSCCN1C(=O)c1cc(F)cc(F)c1. The molecule has 1 heterocycles. The highest BCUT2D eigenvalue weighted by molar-refractivity contribution is 7.99. The van der Waals surface area contributed by atoms with Crippen molar-refractivity contribution in [3.8, 4) is 0 Å². The Morgan fingerprint density at radius 1 is 1.30 bits per heavy atom. The molecule has 0 aliphatic carbocycles. The van der Waals surface area contributed by atoms with E-state index in [-0.39, 0.29) is 12.0 Å². The van der Waals surface area contributed by atoms with Crippen LogP contribution in [-0.4, -0.2) is 46.0 Å². The molecule has 1 N–H and O–H groups in total. The average Bonchev–Trinajstić information content (AvgIpc) is 2.36. The summed E-state index contributed by atoms with van der Waals surface area (Å²) in [5.74, 6) is -1.99. The minimum absolute atomic E-state index is 0.0928. The third kappa shape index (κ3) is 3.47. The molecule has 7 heteroatoms. The topological polar surface area (TPSA) is 57.6 Å². The van der Waals surface area contributed by atoms with Gasteiger partial charge in [0, 0.05) is 29.7 Å². The first-order valence-corrected chi connectivity index (χ1v) is 7.19.